The summed E-state index contributed by atoms with van der Waals surface area (Å²) in [5.74, 6) is 0. The number of anilines is 2. The highest BCUT2D eigenvalue weighted by atomic mass is 32.2. The molecule has 0 amide bonds. The number of rotatable bonds is 5. The first-order chi connectivity index (χ1) is 7.93. The van der Waals surface area contributed by atoms with Gasteiger partial charge < -0.3 is 5.73 Å². The highest BCUT2D eigenvalue weighted by Gasteiger charge is 2.24. The van der Waals surface area contributed by atoms with Gasteiger partial charge in [0.1, 0.15) is 0 Å². The van der Waals surface area contributed by atoms with Gasteiger partial charge in [0.15, 0.2) is 0 Å². The van der Waals surface area contributed by atoms with Gasteiger partial charge in [-0.2, -0.15) is 12.7 Å². The third kappa shape index (κ3) is 2.89. The molecule has 96 valence electrons. The Morgan fingerprint density at radius 3 is 2.29 bits per heavy atom. The summed E-state index contributed by atoms with van der Waals surface area (Å²) < 4.78 is 27.1. The summed E-state index contributed by atoms with van der Waals surface area (Å²) in [4.78, 5) is 0. The fourth-order valence-corrected chi connectivity index (χ4v) is 2.96. The molecule has 2 N–H and O–H groups in total. The molecule has 0 saturated heterocycles. The van der Waals surface area contributed by atoms with E-state index in [2.05, 4.69) is 0 Å². The second-order valence-electron chi connectivity index (χ2n) is 3.65. The number of nitrogens with zero attached hydrogens (tertiary/aromatic N) is 2. The lowest BCUT2D eigenvalue weighted by Crippen LogP contribution is -2.41. The molecule has 0 aromatic heterocycles. The average Bonchev–Trinajstić information content (AvgIpc) is 2.29. The van der Waals surface area contributed by atoms with Gasteiger partial charge in [-0.15, -0.1) is 0 Å². The molecule has 0 fully saturated rings. The molecule has 17 heavy (non-hydrogen) atoms. The summed E-state index contributed by atoms with van der Waals surface area (Å²) in [6, 6.07) is 6.82. The zero-order valence-corrected chi connectivity index (χ0v) is 11.2. The predicted molar refractivity (Wildman–Crippen MR) is 71.1 cm³/mol. The smallest absolute Gasteiger partial charge is 0.303 e. The van der Waals surface area contributed by atoms with Crippen LogP contribution >= 0.6 is 0 Å². The maximum Gasteiger partial charge on any atom is 0.303 e. The Morgan fingerprint density at radius 1 is 1.24 bits per heavy atom. The molecule has 0 unspecified atom stereocenters. The van der Waals surface area contributed by atoms with Gasteiger partial charge in [-0.3, -0.25) is 4.31 Å². The van der Waals surface area contributed by atoms with Crippen LogP contribution in [0, 0.1) is 0 Å². The van der Waals surface area contributed by atoms with Gasteiger partial charge >= 0.3 is 10.2 Å². The fourth-order valence-electron chi connectivity index (χ4n) is 1.58. The van der Waals surface area contributed by atoms with Crippen LogP contribution in [0.1, 0.15) is 13.8 Å². The predicted octanol–water partition coefficient (Wildman–Crippen LogP) is 1.29. The molecule has 0 spiro atoms. The van der Waals surface area contributed by atoms with Gasteiger partial charge in [-0.05, 0) is 18.2 Å². The van der Waals surface area contributed by atoms with Gasteiger partial charge in [0.05, 0.1) is 5.69 Å². The van der Waals surface area contributed by atoms with E-state index >= 15 is 0 Å². The van der Waals surface area contributed by atoms with Crippen molar-refractivity contribution in [3.63, 3.8) is 0 Å². The molecular weight excluding hydrogens is 238 g/mol. The van der Waals surface area contributed by atoms with E-state index in [9.17, 15) is 8.42 Å². The van der Waals surface area contributed by atoms with Crippen molar-refractivity contribution in [1.29, 1.82) is 0 Å². The Morgan fingerprint density at radius 2 is 1.82 bits per heavy atom. The Bertz CT molecular complexity index is 469. The molecule has 0 saturated carbocycles. The number of benzene rings is 1. The molecule has 0 aliphatic heterocycles. The fraction of sp³-hybridized carbons (Fsp3) is 0.455. The standard InChI is InChI=1S/C11H19N3O2S/c1-4-14(5-2)17(15,16)13(3)11-8-6-7-10(12)9-11/h6-9H,4-5,12H2,1-3H3. The monoisotopic (exact) mass is 257 g/mol. The van der Waals surface area contributed by atoms with Crippen molar-refractivity contribution in [3.8, 4) is 0 Å². The lowest BCUT2D eigenvalue weighted by Gasteiger charge is -2.27. The summed E-state index contributed by atoms with van der Waals surface area (Å²) in [6.07, 6.45) is 0. The molecule has 6 heteroatoms. The first-order valence-corrected chi connectivity index (χ1v) is 6.92. The molecule has 5 nitrogen and oxygen atoms in total. The van der Waals surface area contributed by atoms with Gasteiger partial charge in [-0.25, -0.2) is 0 Å². The van der Waals surface area contributed by atoms with Crippen molar-refractivity contribution in [2.45, 2.75) is 13.8 Å². The third-order valence-electron chi connectivity index (χ3n) is 2.61. The van der Waals surface area contributed by atoms with Crippen molar-refractivity contribution in [1.82, 2.24) is 4.31 Å². The lowest BCUT2D eigenvalue weighted by atomic mass is 10.3. The Hall–Kier alpha value is -1.27. The number of hydrogen-bond donors (Lipinski definition) is 1. The molecule has 0 bridgehead atoms. The Kier molecular flexibility index (Phi) is 4.36. The largest absolute Gasteiger partial charge is 0.399 e. The summed E-state index contributed by atoms with van der Waals surface area (Å²) in [5.41, 5.74) is 6.76. The van der Waals surface area contributed by atoms with Gasteiger partial charge in [-0.1, -0.05) is 19.9 Å². The van der Waals surface area contributed by atoms with Crippen molar-refractivity contribution in [2.24, 2.45) is 0 Å². The Balaban J connectivity index is 3.08. The summed E-state index contributed by atoms with van der Waals surface area (Å²) in [5, 5.41) is 0. The van der Waals surface area contributed by atoms with E-state index in [1.165, 1.54) is 15.7 Å². The maximum absolute atomic E-state index is 12.2. The van der Waals surface area contributed by atoms with E-state index in [4.69, 9.17) is 5.73 Å². The van der Waals surface area contributed by atoms with Gasteiger partial charge in [0.25, 0.3) is 0 Å². The molecule has 1 aromatic carbocycles. The van der Waals surface area contributed by atoms with Crippen LogP contribution in [0.25, 0.3) is 0 Å². The third-order valence-corrected chi connectivity index (χ3v) is 4.68. The topological polar surface area (TPSA) is 66.6 Å². The zero-order valence-electron chi connectivity index (χ0n) is 10.4. The highest BCUT2D eigenvalue weighted by Crippen LogP contribution is 2.20. The Labute approximate surface area is 103 Å². The van der Waals surface area contributed by atoms with Crippen molar-refractivity contribution < 1.29 is 8.42 Å². The minimum atomic E-state index is -3.46. The number of hydrogen-bond acceptors (Lipinski definition) is 3. The minimum absolute atomic E-state index is 0.450. The molecule has 1 rings (SSSR count). The molecule has 0 heterocycles. The van der Waals surface area contributed by atoms with Crippen LogP contribution < -0.4 is 10.0 Å². The SMILES string of the molecule is CCN(CC)S(=O)(=O)N(C)c1cccc(N)c1. The summed E-state index contributed by atoms with van der Waals surface area (Å²) in [6.45, 7) is 4.53. The van der Waals surface area contributed by atoms with Crippen LogP contribution in [0.5, 0.6) is 0 Å². The van der Waals surface area contributed by atoms with Crippen LogP contribution in [0.4, 0.5) is 11.4 Å². The minimum Gasteiger partial charge on any atom is -0.399 e. The summed E-state index contributed by atoms with van der Waals surface area (Å²) >= 11 is 0. The van der Waals surface area contributed by atoms with Gasteiger partial charge in [0.2, 0.25) is 0 Å². The van der Waals surface area contributed by atoms with Gasteiger partial charge in [0, 0.05) is 25.8 Å². The van der Waals surface area contributed by atoms with Crippen LogP contribution in [0.3, 0.4) is 0 Å². The zero-order chi connectivity index (χ0) is 13.1. The van der Waals surface area contributed by atoms with Crippen molar-refractivity contribution in [2.75, 3.05) is 30.2 Å². The molecule has 0 aliphatic rings. The van der Waals surface area contributed by atoms with Crippen LogP contribution in [0.2, 0.25) is 0 Å². The number of nitrogen functional groups attached to an aromatic ring is 1. The second kappa shape index (κ2) is 5.37. The second-order valence-corrected chi connectivity index (χ2v) is 5.61. The van der Waals surface area contributed by atoms with Crippen LogP contribution in [-0.4, -0.2) is 32.9 Å². The van der Waals surface area contributed by atoms with E-state index < -0.39 is 10.2 Å². The molecule has 0 atom stereocenters. The number of nitrogens with two attached hydrogens (primary N) is 1. The quantitative estimate of drug-likeness (QED) is 0.808. The van der Waals surface area contributed by atoms with E-state index in [0.717, 1.165) is 0 Å². The maximum atomic E-state index is 12.2. The molecule has 1 aromatic rings. The summed E-state index contributed by atoms with van der Waals surface area (Å²) in [7, 11) is -1.93. The normalized spacial score (nSPS) is 11.8. The van der Waals surface area contributed by atoms with Crippen molar-refractivity contribution >= 4 is 21.6 Å². The van der Waals surface area contributed by atoms with E-state index in [1.807, 2.05) is 13.8 Å². The van der Waals surface area contributed by atoms with E-state index in [-0.39, 0.29) is 0 Å². The van der Waals surface area contributed by atoms with Crippen LogP contribution in [0.15, 0.2) is 24.3 Å². The first kappa shape index (κ1) is 13.8. The van der Waals surface area contributed by atoms with Crippen molar-refractivity contribution in [3.05, 3.63) is 24.3 Å². The lowest BCUT2D eigenvalue weighted by molar-refractivity contribution is 0.444. The molecule has 0 radical (unpaired) electrons. The van der Waals surface area contributed by atoms with E-state index in [0.29, 0.717) is 24.5 Å². The highest BCUT2D eigenvalue weighted by molar-refractivity contribution is 7.90. The molecular formula is C11H19N3O2S. The first-order valence-electron chi connectivity index (χ1n) is 5.53. The van der Waals surface area contributed by atoms with Crippen LogP contribution in [-0.2, 0) is 10.2 Å². The molecule has 0 aliphatic carbocycles. The average molecular weight is 257 g/mol. The van der Waals surface area contributed by atoms with E-state index in [1.54, 1.807) is 24.3 Å².